The van der Waals surface area contributed by atoms with Gasteiger partial charge in [-0.15, -0.1) is 0 Å². The topological polar surface area (TPSA) is 67.0 Å². The van der Waals surface area contributed by atoms with Crippen molar-refractivity contribution in [3.63, 3.8) is 0 Å². The van der Waals surface area contributed by atoms with E-state index >= 15 is 0 Å². The molecule has 0 spiro atoms. The molecule has 0 aliphatic carbocycles. The minimum absolute atomic E-state index is 0.150. The van der Waals surface area contributed by atoms with E-state index in [0.717, 1.165) is 16.6 Å². The number of anilines is 1. The number of hydrogen-bond donors (Lipinski definition) is 2. The van der Waals surface area contributed by atoms with E-state index in [1.165, 1.54) is 0 Å². The molecule has 5 nitrogen and oxygen atoms in total. The average Bonchev–Trinajstić information content (AvgIpc) is 2.85. The Balaban J connectivity index is 2.04. The third kappa shape index (κ3) is 3.32. The van der Waals surface area contributed by atoms with Gasteiger partial charge in [0.2, 0.25) is 0 Å². The van der Waals surface area contributed by atoms with Gasteiger partial charge in [-0.25, -0.2) is 0 Å². The summed E-state index contributed by atoms with van der Waals surface area (Å²) in [6.07, 6.45) is 1.25. The van der Waals surface area contributed by atoms with Crippen LogP contribution in [0.1, 0.15) is 20.8 Å². The van der Waals surface area contributed by atoms with Crippen LogP contribution in [0.15, 0.2) is 24.4 Å². The number of H-pyrrole nitrogens is 1. The van der Waals surface area contributed by atoms with Crippen molar-refractivity contribution in [1.29, 1.82) is 0 Å². The first-order valence-corrected chi connectivity index (χ1v) is 6.42. The zero-order chi connectivity index (χ0) is 13.8. The fourth-order valence-electron chi connectivity index (χ4n) is 1.72. The van der Waals surface area contributed by atoms with Gasteiger partial charge in [-0.1, -0.05) is 26.0 Å². The summed E-state index contributed by atoms with van der Waals surface area (Å²) in [6, 6.07) is 5.66. The van der Waals surface area contributed by atoms with Crippen LogP contribution in [0.25, 0.3) is 10.9 Å². The van der Waals surface area contributed by atoms with Crippen LogP contribution in [0.5, 0.6) is 0 Å². The van der Waals surface area contributed by atoms with E-state index in [4.69, 9.17) is 4.74 Å². The van der Waals surface area contributed by atoms with Gasteiger partial charge in [0.1, 0.15) is 6.10 Å². The highest BCUT2D eigenvalue weighted by Gasteiger charge is 2.15. The largest absolute Gasteiger partial charge is 0.368 e. The standard InChI is InChI=1S/C14H19N3O2/c1-9(2)8-19-10(3)14(18)16-12-6-4-5-11-7-15-17-13(11)12/h4-7,9-10H,8H2,1-3H3,(H,15,17)(H,16,18). The molecule has 0 radical (unpaired) electrons. The van der Waals surface area contributed by atoms with Crippen molar-refractivity contribution < 1.29 is 9.53 Å². The molecule has 1 aromatic carbocycles. The molecule has 2 aromatic rings. The van der Waals surface area contributed by atoms with E-state index in [-0.39, 0.29) is 5.91 Å². The van der Waals surface area contributed by atoms with Crippen molar-refractivity contribution in [2.45, 2.75) is 26.9 Å². The number of ether oxygens (including phenoxy) is 1. The lowest BCUT2D eigenvalue weighted by atomic mass is 10.2. The maximum Gasteiger partial charge on any atom is 0.253 e. The Hall–Kier alpha value is -1.88. The van der Waals surface area contributed by atoms with Crippen molar-refractivity contribution in [2.75, 3.05) is 11.9 Å². The number of nitrogens with one attached hydrogen (secondary N) is 2. The first kappa shape index (κ1) is 13.5. The fraction of sp³-hybridized carbons (Fsp3) is 0.429. The average molecular weight is 261 g/mol. The second-order valence-corrected chi connectivity index (χ2v) is 5.00. The van der Waals surface area contributed by atoms with E-state index in [1.807, 2.05) is 18.2 Å². The summed E-state index contributed by atoms with van der Waals surface area (Å²) in [5.74, 6) is 0.258. The maximum absolute atomic E-state index is 12.0. The number of benzene rings is 1. The second kappa shape index (κ2) is 5.84. The van der Waals surface area contributed by atoms with Crippen LogP contribution in [0.4, 0.5) is 5.69 Å². The van der Waals surface area contributed by atoms with Crippen LogP contribution in [-0.4, -0.2) is 28.8 Å². The number of fused-ring (bicyclic) bond motifs is 1. The third-order valence-electron chi connectivity index (χ3n) is 2.78. The summed E-state index contributed by atoms with van der Waals surface area (Å²) in [5, 5.41) is 10.7. The van der Waals surface area contributed by atoms with Crippen molar-refractivity contribution >= 4 is 22.5 Å². The van der Waals surface area contributed by atoms with Gasteiger partial charge >= 0.3 is 0 Å². The molecule has 5 heteroatoms. The SMILES string of the molecule is CC(C)COC(C)C(=O)Nc1cccc2cn[nH]c12. The molecular formula is C14H19N3O2. The van der Waals surface area contributed by atoms with Crippen LogP contribution < -0.4 is 5.32 Å². The molecule has 0 bridgehead atoms. The Kier molecular flexibility index (Phi) is 4.16. The van der Waals surface area contributed by atoms with E-state index in [0.29, 0.717) is 12.5 Å². The number of aromatic nitrogens is 2. The highest BCUT2D eigenvalue weighted by molar-refractivity contribution is 6.01. The van der Waals surface area contributed by atoms with Gasteiger partial charge < -0.3 is 10.1 Å². The summed E-state index contributed by atoms with van der Waals surface area (Å²) < 4.78 is 5.49. The Morgan fingerprint density at radius 1 is 1.42 bits per heavy atom. The van der Waals surface area contributed by atoms with Crippen molar-refractivity contribution in [2.24, 2.45) is 5.92 Å². The summed E-state index contributed by atoms with van der Waals surface area (Å²) >= 11 is 0. The zero-order valence-electron chi connectivity index (χ0n) is 11.4. The lowest BCUT2D eigenvalue weighted by molar-refractivity contribution is -0.126. The van der Waals surface area contributed by atoms with Gasteiger partial charge in [0.15, 0.2) is 0 Å². The molecule has 2 N–H and O–H groups in total. The van der Waals surface area contributed by atoms with E-state index in [2.05, 4.69) is 29.4 Å². The van der Waals surface area contributed by atoms with Crippen LogP contribution in [0.3, 0.4) is 0 Å². The smallest absolute Gasteiger partial charge is 0.253 e. The van der Waals surface area contributed by atoms with Gasteiger partial charge in [-0.05, 0) is 18.9 Å². The molecule has 0 saturated carbocycles. The number of nitrogens with zero attached hydrogens (tertiary/aromatic N) is 1. The number of amides is 1. The predicted molar refractivity (Wildman–Crippen MR) is 75.0 cm³/mol. The molecule has 1 atom stereocenters. The highest BCUT2D eigenvalue weighted by atomic mass is 16.5. The minimum atomic E-state index is -0.472. The van der Waals surface area contributed by atoms with Gasteiger partial charge in [-0.2, -0.15) is 5.10 Å². The molecule has 1 amide bonds. The maximum atomic E-state index is 12.0. The molecule has 1 unspecified atom stereocenters. The number of carbonyl (C=O) groups excluding carboxylic acids is 1. The van der Waals surface area contributed by atoms with E-state index < -0.39 is 6.10 Å². The summed E-state index contributed by atoms with van der Waals surface area (Å²) in [7, 11) is 0. The van der Waals surface area contributed by atoms with Crippen LogP contribution in [0, 0.1) is 5.92 Å². The summed E-state index contributed by atoms with van der Waals surface area (Å²) in [5.41, 5.74) is 1.55. The fourth-order valence-corrected chi connectivity index (χ4v) is 1.72. The molecule has 0 saturated heterocycles. The number of aromatic amines is 1. The second-order valence-electron chi connectivity index (χ2n) is 5.00. The number of rotatable bonds is 5. The highest BCUT2D eigenvalue weighted by Crippen LogP contribution is 2.20. The minimum Gasteiger partial charge on any atom is -0.368 e. The Morgan fingerprint density at radius 2 is 2.21 bits per heavy atom. The Bertz CT molecular complexity index is 563. The van der Waals surface area contributed by atoms with Gasteiger partial charge in [0, 0.05) is 12.0 Å². The summed E-state index contributed by atoms with van der Waals surface area (Å²) in [4.78, 5) is 12.0. The van der Waals surface area contributed by atoms with Crippen LogP contribution in [0.2, 0.25) is 0 Å². The molecule has 0 fully saturated rings. The predicted octanol–water partition coefficient (Wildman–Crippen LogP) is 2.56. The quantitative estimate of drug-likeness (QED) is 0.869. The first-order chi connectivity index (χ1) is 9.08. The Labute approximate surface area is 112 Å². The number of carbonyl (C=O) groups is 1. The van der Waals surface area contributed by atoms with Crippen LogP contribution in [-0.2, 0) is 9.53 Å². The normalized spacial score (nSPS) is 12.8. The lowest BCUT2D eigenvalue weighted by Gasteiger charge is -2.15. The molecule has 0 aliphatic heterocycles. The van der Waals surface area contributed by atoms with E-state index in [9.17, 15) is 4.79 Å². The van der Waals surface area contributed by atoms with Crippen molar-refractivity contribution in [1.82, 2.24) is 10.2 Å². The molecular weight excluding hydrogens is 242 g/mol. The third-order valence-corrected chi connectivity index (χ3v) is 2.78. The Morgan fingerprint density at radius 3 is 2.95 bits per heavy atom. The van der Waals surface area contributed by atoms with Crippen molar-refractivity contribution in [3.8, 4) is 0 Å². The van der Waals surface area contributed by atoms with Crippen LogP contribution >= 0.6 is 0 Å². The monoisotopic (exact) mass is 261 g/mol. The van der Waals surface area contributed by atoms with Gasteiger partial charge in [0.25, 0.3) is 5.91 Å². The summed E-state index contributed by atoms with van der Waals surface area (Å²) in [6.45, 7) is 6.43. The van der Waals surface area contributed by atoms with Gasteiger partial charge in [0.05, 0.1) is 17.4 Å². The molecule has 0 aliphatic rings. The number of para-hydroxylation sites is 1. The van der Waals surface area contributed by atoms with E-state index in [1.54, 1.807) is 13.1 Å². The lowest BCUT2D eigenvalue weighted by Crippen LogP contribution is -2.29. The molecule has 19 heavy (non-hydrogen) atoms. The van der Waals surface area contributed by atoms with Crippen molar-refractivity contribution in [3.05, 3.63) is 24.4 Å². The van der Waals surface area contributed by atoms with Gasteiger partial charge in [-0.3, -0.25) is 9.89 Å². The zero-order valence-corrected chi connectivity index (χ0v) is 11.4. The molecule has 1 heterocycles. The molecule has 2 rings (SSSR count). The first-order valence-electron chi connectivity index (χ1n) is 6.42. The number of hydrogen-bond acceptors (Lipinski definition) is 3. The molecule has 102 valence electrons. The molecule has 1 aromatic heterocycles.